The zero-order chi connectivity index (χ0) is 14.0. The fraction of sp³-hybridized carbons (Fsp3) is 0.643. The first-order valence-corrected chi connectivity index (χ1v) is 6.86. The summed E-state index contributed by atoms with van der Waals surface area (Å²) >= 11 is 0. The molecule has 5 nitrogen and oxygen atoms in total. The van der Waals surface area contributed by atoms with Crippen LogP contribution in [0.5, 0.6) is 0 Å². The molecule has 106 valence electrons. The van der Waals surface area contributed by atoms with Gasteiger partial charge in [0.05, 0.1) is 5.69 Å². The smallest absolute Gasteiger partial charge is 0.270 e. The van der Waals surface area contributed by atoms with Gasteiger partial charge in [-0.2, -0.15) is 0 Å². The monoisotopic (exact) mass is 264 g/mol. The third kappa shape index (κ3) is 3.50. The van der Waals surface area contributed by atoms with E-state index < -0.39 is 0 Å². The molecular weight excluding hydrogens is 240 g/mol. The van der Waals surface area contributed by atoms with Crippen LogP contribution < -0.4 is 5.73 Å². The Morgan fingerprint density at radius 2 is 2.05 bits per heavy atom. The van der Waals surface area contributed by atoms with E-state index in [0.29, 0.717) is 11.7 Å². The number of rotatable bonds is 6. The lowest BCUT2D eigenvalue weighted by Gasteiger charge is -2.19. The third-order valence-corrected chi connectivity index (χ3v) is 3.47. The quantitative estimate of drug-likeness (QED) is 0.845. The average molecular weight is 264 g/mol. The van der Waals surface area contributed by atoms with Gasteiger partial charge in [0.15, 0.2) is 0 Å². The normalized spacial score (nSPS) is 14.9. The zero-order valence-corrected chi connectivity index (χ0v) is 12.1. The summed E-state index contributed by atoms with van der Waals surface area (Å²) in [6.45, 7) is 1.76. The first kappa shape index (κ1) is 13.9. The SMILES string of the molecule is CN(C)CCCN(C)C(=O)c1cc(N)cn1C1CC1. The van der Waals surface area contributed by atoms with Crippen LogP contribution in [0.15, 0.2) is 12.3 Å². The van der Waals surface area contributed by atoms with Crippen LogP contribution >= 0.6 is 0 Å². The van der Waals surface area contributed by atoms with Crippen molar-refractivity contribution < 1.29 is 4.79 Å². The minimum absolute atomic E-state index is 0.0716. The fourth-order valence-corrected chi connectivity index (χ4v) is 2.25. The number of anilines is 1. The van der Waals surface area contributed by atoms with Crippen LogP contribution in [0.25, 0.3) is 0 Å². The summed E-state index contributed by atoms with van der Waals surface area (Å²) in [5.74, 6) is 0.0716. The highest BCUT2D eigenvalue weighted by Gasteiger charge is 2.28. The van der Waals surface area contributed by atoms with Crippen molar-refractivity contribution in [3.63, 3.8) is 0 Å². The summed E-state index contributed by atoms with van der Waals surface area (Å²) in [5.41, 5.74) is 7.23. The lowest BCUT2D eigenvalue weighted by atomic mass is 10.3. The van der Waals surface area contributed by atoms with Crippen molar-refractivity contribution >= 4 is 11.6 Å². The highest BCUT2D eigenvalue weighted by Crippen LogP contribution is 2.37. The summed E-state index contributed by atoms with van der Waals surface area (Å²) in [6, 6.07) is 2.27. The lowest BCUT2D eigenvalue weighted by molar-refractivity contribution is 0.0780. The molecular formula is C14H24N4O. The molecule has 1 aromatic heterocycles. The van der Waals surface area contributed by atoms with Crippen molar-refractivity contribution in [2.45, 2.75) is 25.3 Å². The zero-order valence-electron chi connectivity index (χ0n) is 12.1. The molecule has 1 aliphatic rings. The van der Waals surface area contributed by atoms with E-state index in [0.717, 1.165) is 38.0 Å². The molecule has 2 N–H and O–H groups in total. The van der Waals surface area contributed by atoms with Crippen LogP contribution in [0.2, 0.25) is 0 Å². The van der Waals surface area contributed by atoms with Gasteiger partial charge in [-0.05, 0) is 46.0 Å². The van der Waals surface area contributed by atoms with Crippen LogP contribution in [-0.4, -0.2) is 54.5 Å². The highest BCUT2D eigenvalue weighted by atomic mass is 16.2. The van der Waals surface area contributed by atoms with E-state index in [4.69, 9.17) is 5.73 Å². The van der Waals surface area contributed by atoms with Crippen molar-refractivity contribution in [1.82, 2.24) is 14.4 Å². The van der Waals surface area contributed by atoms with Crippen molar-refractivity contribution in [2.75, 3.05) is 40.0 Å². The predicted molar refractivity (Wildman–Crippen MR) is 77.2 cm³/mol. The minimum atomic E-state index is 0.0716. The second-order valence-corrected chi connectivity index (χ2v) is 5.68. The Balaban J connectivity index is 1.98. The molecule has 0 atom stereocenters. The number of amides is 1. The molecule has 1 heterocycles. The molecule has 0 saturated heterocycles. The van der Waals surface area contributed by atoms with E-state index in [1.165, 1.54) is 0 Å². The van der Waals surface area contributed by atoms with Crippen LogP contribution in [0, 0.1) is 0 Å². The summed E-state index contributed by atoms with van der Waals surface area (Å²) in [6.07, 6.45) is 5.17. The molecule has 1 amide bonds. The number of carbonyl (C=O) groups is 1. The number of aromatic nitrogens is 1. The van der Waals surface area contributed by atoms with Gasteiger partial charge in [0.2, 0.25) is 0 Å². The highest BCUT2D eigenvalue weighted by molar-refractivity contribution is 5.93. The van der Waals surface area contributed by atoms with Crippen LogP contribution in [0.1, 0.15) is 35.8 Å². The molecule has 19 heavy (non-hydrogen) atoms. The van der Waals surface area contributed by atoms with Gasteiger partial charge in [0.1, 0.15) is 5.69 Å². The Kier molecular flexibility index (Phi) is 4.14. The summed E-state index contributed by atoms with van der Waals surface area (Å²) in [4.78, 5) is 16.3. The number of carbonyl (C=O) groups excluding carboxylic acids is 1. The molecule has 1 aliphatic carbocycles. The van der Waals surface area contributed by atoms with Gasteiger partial charge < -0.3 is 20.1 Å². The number of nitrogens with zero attached hydrogens (tertiary/aromatic N) is 3. The van der Waals surface area contributed by atoms with Gasteiger partial charge >= 0.3 is 0 Å². The average Bonchev–Trinajstić information content (AvgIpc) is 3.11. The van der Waals surface area contributed by atoms with Gasteiger partial charge in [-0.25, -0.2) is 0 Å². The van der Waals surface area contributed by atoms with Crippen molar-refractivity contribution in [1.29, 1.82) is 0 Å². The standard InChI is InChI=1S/C14H24N4O/c1-16(2)7-4-8-17(3)14(19)13-9-11(15)10-18(13)12-5-6-12/h9-10,12H,4-8,15H2,1-3H3. The van der Waals surface area contributed by atoms with Crippen molar-refractivity contribution in [2.24, 2.45) is 0 Å². The Morgan fingerprint density at radius 1 is 1.37 bits per heavy atom. The van der Waals surface area contributed by atoms with Gasteiger partial charge in [-0.15, -0.1) is 0 Å². The van der Waals surface area contributed by atoms with Crippen LogP contribution in [0.4, 0.5) is 5.69 Å². The molecule has 2 rings (SSSR count). The molecule has 1 aromatic rings. The maximum absolute atomic E-state index is 12.4. The van der Waals surface area contributed by atoms with Crippen molar-refractivity contribution in [3.05, 3.63) is 18.0 Å². The van der Waals surface area contributed by atoms with Crippen LogP contribution in [0.3, 0.4) is 0 Å². The number of hydrogen-bond donors (Lipinski definition) is 1. The molecule has 0 spiro atoms. The molecule has 0 unspecified atom stereocenters. The third-order valence-electron chi connectivity index (χ3n) is 3.47. The van der Waals surface area contributed by atoms with E-state index in [1.54, 1.807) is 11.0 Å². The number of nitrogens with two attached hydrogens (primary N) is 1. The van der Waals surface area contributed by atoms with E-state index in [2.05, 4.69) is 4.90 Å². The van der Waals surface area contributed by atoms with Gasteiger partial charge in [-0.1, -0.05) is 0 Å². The second kappa shape index (κ2) is 5.65. The molecule has 1 saturated carbocycles. The minimum Gasteiger partial charge on any atom is -0.397 e. The van der Waals surface area contributed by atoms with E-state index in [9.17, 15) is 4.79 Å². The van der Waals surface area contributed by atoms with Crippen molar-refractivity contribution in [3.8, 4) is 0 Å². The lowest BCUT2D eigenvalue weighted by Crippen LogP contribution is -2.31. The molecule has 0 aliphatic heterocycles. The van der Waals surface area contributed by atoms with E-state index in [-0.39, 0.29) is 5.91 Å². The molecule has 1 fully saturated rings. The van der Waals surface area contributed by atoms with Crippen LogP contribution in [-0.2, 0) is 0 Å². The maximum Gasteiger partial charge on any atom is 0.270 e. The van der Waals surface area contributed by atoms with Gasteiger partial charge in [0, 0.05) is 25.8 Å². The number of nitrogen functional groups attached to an aromatic ring is 1. The van der Waals surface area contributed by atoms with Gasteiger partial charge in [-0.3, -0.25) is 4.79 Å². The first-order valence-electron chi connectivity index (χ1n) is 6.86. The molecule has 0 aromatic carbocycles. The second-order valence-electron chi connectivity index (χ2n) is 5.68. The topological polar surface area (TPSA) is 54.5 Å². The fourth-order valence-electron chi connectivity index (χ4n) is 2.25. The Labute approximate surface area is 115 Å². The summed E-state index contributed by atoms with van der Waals surface area (Å²) in [7, 11) is 5.94. The number of hydrogen-bond acceptors (Lipinski definition) is 3. The Hall–Kier alpha value is -1.49. The predicted octanol–water partition coefficient (Wildman–Crippen LogP) is 1.43. The molecule has 5 heteroatoms. The largest absolute Gasteiger partial charge is 0.397 e. The first-order chi connectivity index (χ1) is 8.99. The summed E-state index contributed by atoms with van der Waals surface area (Å²) in [5, 5.41) is 0. The van der Waals surface area contributed by atoms with E-state index in [1.807, 2.05) is 31.9 Å². The van der Waals surface area contributed by atoms with Gasteiger partial charge in [0.25, 0.3) is 5.91 Å². The maximum atomic E-state index is 12.4. The summed E-state index contributed by atoms with van der Waals surface area (Å²) < 4.78 is 2.04. The Morgan fingerprint density at radius 3 is 2.63 bits per heavy atom. The Bertz CT molecular complexity index is 448. The molecule has 0 bridgehead atoms. The molecule has 0 radical (unpaired) electrons. The van der Waals surface area contributed by atoms with E-state index >= 15 is 0 Å².